The highest BCUT2D eigenvalue weighted by Gasteiger charge is 2.12. The number of nitrogens with zero attached hydrogens (tertiary/aromatic N) is 4. The number of carbonyl (C=O) groups is 1. The maximum absolute atomic E-state index is 12.2. The van der Waals surface area contributed by atoms with Crippen LogP contribution in [0.15, 0.2) is 53.5 Å². The first-order chi connectivity index (χ1) is 15.5. The van der Waals surface area contributed by atoms with Crippen molar-refractivity contribution >= 4 is 41.5 Å². The van der Waals surface area contributed by atoms with E-state index in [1.807, 2.05) is 25.2 Å². The number of nitrogens with one attached hydrogen (secondary N) is 1. The predicted octanol–water partition coefficient (Wildman–Crippen LogP) is 4.25. The zero-order chi connectivity index (χ0) is 22.9. The molecule has 0 bridgehead atoms. The van der Waals surface area contributed by atoms with E-state index in [1.165, 1.54) is 43.6 Å². The standard InChI is InChI=1S/C26H37N5O.HI/c1-27-26(28-16-15-21-9-8-10-23(19-21)25(32)29(2)3)30(4)20-22-11-13-24(14-12-22)31-17-6-5-7-18-31;/h8-14,19H,5-7,15-18,20H2,1-4H3,(H,27,28);1H. The molecule has 0 radical (unpaired) electrons. The lowest BCUT2D eigenvalue weighted by atomic mass is 10.1. The van der Waals surface area contributed by atoms with Gasteiger partial charge in [-0.1, -0.05) is 24.3 Å². The molecule has 7 heteroatoms. The first-order valence-electron chi connectivity index (χ1n) is 11.5. The molecule has 1 heterocycles. The molecule has 0 saturated carbocycles. The van der Waals surface area contributed by atoms with Crippen molar-refractivity contribution in [2.24, 2.45) is 4.99 Å². The van der Waals surface area contributed by atoms with E-state index >= 15 is 0 Å². The molecule has 33 heavy (non-hydrogen) atoms. The van der Waals surface area contributed by atoms with Crippen LogP contribution in [-0.2, 0) is 13.0 Å². The summed E-state index contributed by atoms with van der Waals surface area (Å²) in [4.78, 5) is 22.8. The molecule has 1 N–H and O–H groups in total. The number of anilines is 1. The molecular weight excluding hydrogens is 525 g/mol. The largest absolute Gasteiger partial charge is 0.372 e. The fraction of sp³-hybridized carbons (Fsp3) is 0.462. The third-order valence-electron chi connectivity index (χ3n) is 5.93. The number of hydrogen-bond acceptors (Lipinski definition) is 3. The van der Waals surface area contributed by atoms with Gasteiger partial charge in [-0.2, -0.15) is 0 Å². The van der Waals surface area contributed by atoms with Crippen LogP contribution in [0.4, 0.5) is 5.69 Å². The number of piperidine rings is 1. The van der Waals surface area contributed by atoms with E-state index in [0.717, 1.165) is 36.6 Å². The number of amides is 1. The Labute approximate surface area is 216 Å². The van der Waals surface area contributed by atoms with E-state index in [9.17, 15) is 4.79 Å². The van der Waals surface area contributed by atoms with Gasteiger partial charge in [0, 0.05) is 65.6 Å². The average molecular weight is 564 g/mol. The van der Waals surface area contributed by atoms with Crippen molar-refractivity contribution in [2.75, 3.05) is 52.7 Å². The molecule has 0 spiro atoms. The van der Waals surface area contributed by atoms with Gasteiger partial charge in [0.1, 0.15) is 0 Å². The number of halogens is 1. The van der Waals surface area contributed by atoms with E-state index in [4.69, 9.17) is 0 Å². The van der Waals surface area contributed by atoms with E-state index < -0.39 is 0 Å². The van der Waals surface area contributed by atoms with E-state index in [-0.39, 0.29) is 29.9 Å². The Hall–Kier alpha value is -2.29. The van der Waals surface area contributed by atoms with Crippen molar-refractivity contribution in [1.29, 1.82) is 0 Å². The molecule has 2 aromatic rings. The zero-order valence-electron chi connectivity index (χ0n) is 20.4. The van der Waals surface area contributed by atoms with Gasteiger partial charge in [0.05, 0.1) is 0 Å². The lowest BCUT2D eigenvalue weighted by molar-refractivity contribution is 0.0827. The van der Waals surface area contributed by atoms with Crippen molar-refractivity contribution in [3.8, 4) is 0 Å². The monoisotopic (exact) mass is 563 g/mol. The summed E-state index contributed by atoms with van der Waals surface area (Å²) in [5.41, 5.74) is 4.46. The van der Waals surface area contributed by atoms with Gasteiger partial charge in [-0.3, -0.25) is 9.79 Å². The van der Waals surface area contributed by atoms with Gasteiger partial charge in [-0.05, 0) is 61.1 Å². The normalized spacial score (nSPS) is 13.8. The third-order valence-corrected chi connectivity index (χ3v) is 5.93. The number of carbonyl (C=O) groups excluding carboxylic acids is 1. The smallest absolute Gasteiger partial charge is 0.253 e. The minimum absolute atomic E-state index is 0. The minimum Gasteiger partial charge on any atom is -0.372 e. The Morgan fingerprint density at radius 3 is 2.33 bits per heavy atom. The number of aliphatic imine (C=N–C) groups is 1. The van der Waals surface area contributed by atoms with Crippen LogP contribution in [-0.4, -0.2) is 69.5 Å². The SMILES string of the molecule is CN=C(NCCc1cccc(C(=O)N(C)C)c1)N(C)Cc1ccc(N2CCCCC2)cc1.I. The maximum atomic E-state index is 12.2. The fourth-order valence-electron chi connectivity index (χ4n) is 4.13. The van der Waals surface area contributed by atoms with Gasteiger partial charge >= 0.3 is 0 Å². The molecule has 1 aliphatic heterocycles. The summed E-state index contributed by atoms with van der Waals surface area (Å²) in [7, 11) is 7.42. The van der Waals surface area contributed by atoms with Crippen LogP contribution in [0.3, 0.4) is 0 Å². The Kier molecular flexibility index (Phi) is 11.0. The topological polar surface area (TPSA) is 51.2 Å². The summed E-state index contributed by atoms with van der Waals surface area (Å²) in [5.74, 6) is 0.896. The van der Waals surface area contributed by atoms with Gasteiger partial charge in [0.2, 0.25) is 0 Å². The molecule has 0 unspecified atom stereocenters. The Morgan fingerprint density at radius 2 is 1.70 bits per heavy atom. The molecule has 1 saturated heterocycles. The van der Waals surface area contributed by atoms with E-state index in [2.05, 4.69) is 57.5 Å². The Bertz CT molecular complexity index is 907. The van der Waals surface area contributed by atoms with Crippen molar-refractivity contribution in [3.05, 3.63) is 65.2 Å². The summed E-state index contributed by atoms with van der Waals surface area (Å²) in [6.45, 7) is 3.89. The van der Waals surface area contributed by atoms with Crippen molar-refractivity contribution < 1.29 is 4.79 Å². The molecule has 0 aliphatic carbocycles. The predicted molar refractivity (Wildman–Crippen MR) is 149 cm³/mol. The molecule has 3 rings (SSSR count). The number of benzene rings is 2. The number of guanidine groups is 1. The molecule has 6 nitrogen and oxygen atoms in total. The molecule has 1 amide bonds. The molecule has 0 atom stereocenters. The summed E-state index contributed by atoms with van der Waals surface area (Å²) in [6.07, 6.45) is 4.77. The van der Waals surface area contributed by atoms with Crippen LogP contribution in [0.25, 0.3) is 0 Å². The lowest BCUT2D eigenvalue weighted by Gasteiger charge is -2.29. The highest BCUT2D eigenvalue weighted by Crippen LogP contribution is 2.20. The fourth-order valence-corrected chi connectivity index (χ4v) is 4.13. The van der Waals surface area contributed by atoms with Crippen molar-refractivity contribution in [1.82, 2.24) is 15.1 Å². The van der Waals surface area contributed by atoms with Crippen LogP contribution in [0.2, 0.25) is 0 Å². The van der Waals surface area contributed by atoms with Crippen LogP contribution in [0.1, 0.15) is 40.7 Å². The third kappa shape index (κ3) is 7.91. The zero-order valence-corrected chi connectivity index (χ0v) is 22.7. The summed E-state index contributed by atoms with van der Waals surface area (Å²) in [5, 5.41) is 3.44. The first-order valence-corrected chi connectivity index (χ1v) is 11.5. The van der Waals surface area contributed by atoms with Gasteiger partial charge in [0.15, 0.2) is 5.96 Å². The Morgan fingerprint density at radius 1 is 1.00 bits per heavy atom. The van der Waals surface area contributed by atoms with Crippen molar-refractivity contribution in [3.63, 3.8) is 0 Å². The molecule has 1 aliphatic rings. The first kappa shape index (κ1) is 27.0. The summed E-state index contributed by atoms with van der Waals surface area (Å²) < 4.78 is 0. The van der Waals surface area contributed by atoms with Gasteiger partial charge in [-0.15, -0.1) is 24.0 Å². The van der Waals surface area contributed by atoms with E-state index in [1.54, 1.807) is 19.0 Å². The number of hydrogen-bond donors (Lipinski definition) is 1. The molecule has 0 aromatic heterocycles. The minimum atomic E-state index is 0. The van der Waals surface area contributed by atoms with E-state index in [0.29, 0.717) is 0 Å². The van der Waals surface area contributed by atoms with Gasteiger partial charge < -0.3 is 20.0 Å². The second-order valence-corrected chi connectivity index (χ2v) is 8.69. The molecule has 180 valence electrons. The summed E-state index contributed by atoms with van der Waals surface area (Å²) in [6, 6.07) is 16.8. The second-order valence-electron chi connectivity index (χ2n) is 8.69. The highest BCUT2D eigenvalue weighted by molar-refractivity contribution is 14.0. The van der Waals surface area contributed by atoms with Crippen LogP contribution in [0.5, 0.6) is 0 Å². The van der Waals surface area contributed by atoms with Crippen LogP contribution >= 0.6 is 24.0 Å². The maximum Gasteiger partial charge on any atom is 0.253 e. The van der Waals surface area contributed by atoms with Gasteiger partial charge in [-0.25, -0.2) is 0 Å². The summed E-state index contributed by atoms with van der Waals surface area (Å²) >= 11 is 0. The van der Waals surface area contributed by atoms with Crippen LogP contribution in [0, 0.1) is 0 Å². The van der Waals surface area contributed by atoms with Crippen molar-refractivity contribution in [2.45, 2.75) is 32.2 Å². The highest BCUT2D eigenvalue weighted by atomic mass is 127. The lowest BCUT2D eigenvalue weighted by Crippen LogP contribution is -2.39. The van der Waals surface area contributed by atoms with Crippen LogP contribution < -0.4 is 10.2 Å². The average Bonchev–Trinajstić information content (AvgIpc) is 2.82. The second kappa shape index (κ2) is 13.4. The molecule has 2 aromatic carbocycles. The Balaban J connectivity index is 0.00000385. The quantitative estimate of drug-likeness (QED) is 0.311. The molecular formula is C26H38IN5O. The van der Waals surface area contributed by atoms with Gasteiger partial charge in [0.25, 0.3) is 5.91 Å². The number of rotatable bonds is 7. The molecule has 1 fully saturated rings.